The molecule has 1 fully saturated rings. The van der Waals surface area contributed by atoms with Crippen LogP contribution in [-0.4, -0.2) is 6.61 Å². The first-order valence-corrected chi connectivity index (χ1v) is 5.80. The summed E-state index contributed by atoms with van der Waals surface area (Å²) in [7, 11) is 0. The maximum atomic E-state index is 6.25. The van der Waals surface area contributed by atoms with Gasteiger partial charge in [-0.2, -0.15) is 0 Å². The van der Waals surface area contributed by atoms with E-state index in [0.29, 0.717) is 12.5 Å². The van der Waals surface area contributed by atoms with E-state index < -0.39 is 0 Å². The van der Waals surface area contributed by atoms with Crippen molar-refractivity contribution in [3.8, 4) is 5.75 Å². The number of halogens is 1. The van der Waals surface area contributed by atoms with E-state index in [-0.39, 0.29) is 18.4 Å². The van der Waals surface area contributed by atoms with Crippen molar-refractivity contribution >= 4 is 12.4 Å². The van der Waals surface area contributed by atoms with Crippen LogP contribution in [0.2, 0.25) is 0 Å². The number of hydrogen-bond acceptors (Lipinski definition) is 2. The van der Waals surface area contributed by atoms with Gasteiger partial charge in [0.15, 0.2) is 0 Å². The summed E-state index contributed by atoms with van der Waals surface area (Å²) in [6.45, 7) is 2.71. The van der Waals surface area contributed by atoms with Gasteiger partial charge < -0.3 is 10.5 Å². The summed E-state index contributed by atoms with van der Waals surface area (Å²) in [4.78, 5) is 0. The Labute approximate surface area is 104 Å². The molecule has 0 spiro atoms. The maximum Gasteiger partial charge on any atom is 0.124 e. The fraction of sp³-hybridized carbons (Fsp3) is 0.538. The van der Waals surface area contributed by atoms with Crippen LogP contribution in [0, 0.1) is 5.92 Å². The molecule has 0 saturated heterocycles. The van der Waals surface area contributed by atoms with Gasteiger partial charge in [0.05, 0.1) is 6.61 Å². The van der Waals surface area contributed by atoms with Crippen LogP contribution >= 0.6 is 12.4 Å². The van der Waals surface area contributed by atoms with Crippen LogP contribution in [0.1, 0.15) is 37.8 Å². The number of rotatable bonds is 4. The predicted octanol–water partition coefficient (Wildman–Crippen LogP) is 3.31. The van der Waals surface area contributed by atoms with Gasteiger partial charge in [-0.25, -0.2) is 0 Å². The zero-order valence-corrected chi connectivity index (χ0v) is 10.5. The van der Waals surface area contributed by atoms with Crippen molar-refractivity contribution < 1.29 is 4.74 Å². The molecule has 2 nitrogen and oxygen atoms in total. The zero-order valence-electron chi connectivity index (χ0n) is 9.69. The van der Waals surface area contributed by atoms with Gasteiger partial charge in [0.1, 0.15) is 5.75 Å². The van der Waals surface area contributed by atoms with Crippen LogP contribution < -0.4 is 10.5 Å². The lowest BCUT2D eigenvalue weighted by atomic mass is 9.77. The average Bonchev–Trinajstić information content (AvgIpc) is 2.16. The normalized spacial score (nSPS) is 17.1. The molecule has 0 radical (unpaired) electrons. The maximum absolute atomic E-state index is 6.25. The predicted molar refractivity (Wildman–Crippen MR) is 69.1 cm³/mol. The molecular weight excluding hydrogens is 222 g/mol. The standard InChI is InChI=1S/C13H19NO.ClH/c1-2-15-12-9-4-3-8-11(12)13(14)10-6-5-7-10;/h3-4,8-10,13H,2,5-7,14H2,1H3;1H/t13-;/m0./s1. The molecule has 0 amide bonds. The van der Waals surface area contributed by atoms with Crippen LogP contribution in [-0.2, 0) is 0 Å². The Hall–Kier alpha value is -0.730. The van der Waals surface area contributed by atoms with Crippen molar-refractivity contribution in [2.45, 2.75) is 32.2 Å². The lowest BCUT2D eigenvalue weighted by Crippen LogP contribution is -2.27. The summed E-state index contributed by atoms with van der Waals surface area (Å²) in [5.74, 6) is 1.62. The number of para-hydroxylation sites is 1. The van der Waals surface area contributed by atoms with Crippen molar-refractivity contribution in [1.82, 2.24) is 0 Å². The molecule has 0 unspecified atom stereocenters. The first kappa shape index (κ1) is 13.3. The monoisotopic (exact) mass is 241 g/mol. The summed E-state index contributed by atoms with van der Waals surface area (Å²) in [6, 6.07) is 8.30. The fourth-order valence-electron chi connectivity index (χ4n) is 2.10. The highest BCUT2D eigenvalue weighted by atomic mass is 35.5. The van der Waals surface area contributed by atoms with E-state index in [9.17, 15) is 0 Å². The Morgan fingerprint density at radius 3 is 2.62 bits per heavy atom. The van der Waals surface area contributed by atoms with E-state index in [4.69, 9.17) is 10.5 Å². The molecule has 0 bridgehead atoms. The Bertz CT molecular complexity index is 325. The van der Waals surface area contributed by atoms with Crippen molar-refractivity contribution in [3.05, 3.63) is 29.8 Å². The van der Waals surface area contributed by atoms with E-state index in [0.717, 1.165) is 5.75 Å². The second-order valence-corrected chi connectivity index (χ2v) is 4.19. The molecule has 2 rings (SSSR count). The lowest BCUT2D eigenvalue weighted by molar-refractivity contribution is 0.256. The molecular formula is C13H20ClNO. The highest BCUT2D eigenvalue weighted by Crippen LogP contribution is 2.38. The van der Waals surface area contributed by atoms with Gasteiger partial charge in [-0.3, -0.25) is 0 Å². The topological polar surface area (TPSA) is 35.2 Å². The largest absolute Gasteiger partial charge is 0.494 e. The van der Waals surface area contributed by atoms with E-state index >= 15 is 0 Å². The van der Waals surface area contributed by atoms with Gasteiger partial charge in [-0.1, -0.05) is 24.6 Å². The highest BCUT2D eigenvalue weighted by molar-refractivity contribution is 5.85. The molecule has 1 aliphatic carbocycles. The molecule has 2 N–H and O–H groups in total. The third-order valence-corrected chi connectivity index (χ3v) is 3.24. The number of ether oxygens (including phenoxy) is 1. The Morgan fingerprint density at radius 1 is 1.38 bits per heavy atom. The second-order valence-electron chi connectivity index (χ2n) is 4.19. The van der Waals surface area contributed by atoms with E-state index in [2.05, 4.69) is 6.07 Å². The molecule has 1 aliphatic rings. The van der Waals surface area contributed by atoms with E-state index in [1.165, 1.54) is 24.8 Å². The Morgan fingerprint density at radius 2 is 2.06 bits per heavy atom. The number of hydrogen-bond donors (Lipinski definition) is 1. The average molecular weight is 242 g/mol. The first-order valence-electron chi connectivity index (χ1n) is 5.80. The molecule has 3 heteroatoms. The molecule has 1 saturated carbocycles. The van der Waals surface area contributed by atoms with Crippen molar-refractivity contribution in [3.63, 3.8) is 0 Å². The molecule has 0 aromatic heterocycles. The molecule has 1 atom stereocenters. The molecule has 16 heavy (non-hydrogen) atoms. The quantitative estimate of drug-likeness (QED) is 0.878. The second kappa shape index (κ2) is 6.12. The highest BCUT2D eigenvalue weighted by Gasteiger charge is 2.27. The van der Waals surface area contributed by atoms with Gasteiger partial charge in [0.2, 0.25) is 0 Å². The smallest absolute Gasteiger partial charge is 0.124 e. The Balaban J connectivity index is 0.00000128. The third kappa shape index (κ3) is 2.69. The first-order chi connectivity index (χ1) is 7.33. The third-order valence-electron chi connectivity index (χ3n) is 3.24. The summed E-state index contributed by atoms with van der Waals surface area (Å²) >= 11 is 0. The Kier molecular flexibility index (Phi) is 5.10. The lowest BCUT2D eigenvalue weighted by Gasteiger charge is -2.32. The molecule has 1 aromatic rings. The van der Waals surface area contributed by atoms with Crippen molar-refractivity contribution in [1.29, 1.82) is 0 Å². The van der Waals surface area contributed by atoms with Crippen LogP contribution in [0.3, 0.4) is 0 Å². The van der Waals surface area contributed by atoms with Crippen LogP contribution in [0.4, 0.5) is 0 Å². The van der Waals surface area contributed by atoms with Crippen molar-refractivity contribution in [2.24, 2.45) is 11.7 Å². The van der Waals surface area contributed by atoms with Crippen molar-refractivity contribution in [2.75, 3.05) is 6.61 Å². The van der Waals surface area contributed by atoms with Crippen LogP contribution in [0.5, 0.6) is 5.75 Å². The van der Waals surface area contributed by atoms with Crippen LogP contribution in [0.25, 0.3) is 0 Å². The minimum Gasteiger partial charge on any atom is -0.494 e. The van der Waals surface area contributed by atoms with E-state index in [1.807, 2.05) is 25.1 Å². The van der Waals surface area contributed by atoms with Gasteiger partial charge in [0.25, 0.3) is 0 Å². The van der Waals surface area contributed by atoms with E-state index in [1.54, 1.807) is 0 Å². The van der Waals surface area contributed by atoms with Crippen LogP contribution in [0.15, 0.2) is 24.3 Å². The minimum absolute atomic E-state index is 0. The summed E-state index contributed by atoms with van der Waals surface area (Å²) in [5, 5.41) is 0. The number of nitrogens with two attached hydrogens (primary N) is 1. The summed E-state index contributed by atoms with van der Waals surface area (Å²) in [5.41, 5.74) is 7.42. The molecule has 0 aliphatic heterocycles. The van der Waals surface area contributed by atoms with Gasteiger partial charge in [-0.15, -0.1) is 12.4 Å². The summed E-state index contributed by atoms with van der Waals surface area (Å²) < 4.78 is 5.60. The molecule has 1 aromatic carbocycles. The molecule has 0 heterocycles. The SMILES string of the molecule is CCOc1ccccc1[C@@H](N)C1CCC1.Cl. The van der Waals surface area contributed by atoms with Gasteiger partial charge in [-0.05, 0) is 31.7 Å². The molecule has 90 valence electrons. The fourth-order valence-corrected chi connectivity index (χ4v) is 2.10. The number of benzene rings is 1. The van der Waals surface area contributed by atoms with Gasteiger partial charge >= 0.3 is 0 Å². The minimum atomic E-state index is 0. The van der Waals surface area contributed by atoms with Gasteiger partial charge in [0, 0.05) is 11.6 Å². The summed E-state index contributed by atoms with van der Waals surface area (Å²) in [6.07, 6.45) is 3.86. The zero-order chi connectivity index (χ0) is 10.7.